The molecule has 1 aromatic heterocycles. The topological polar surface area (TPSA) is 118 Å². The van der Waals surface area contributed by atoms with Gasteiger partial charge >= 0.3 is 59.1 Å². The van der Waals surface area contributed by atoms with Crippen molar-refractivity contribution in [3.63, 3.8) is 0 Å². The maximum absolute atomic E-state index is 11.8. The molecule has 1 heterocycles. The molecule has 40 heavy (non-hydrogen) atoms. The molecule has 0 fully saturated rings. The molecule has 0 aliphatic heterocycles. The number of carbonyl (C=O) groups is 2. The number of aliphatic carboxylic acids is 1. The Labute approximate surface area is 291 Å². The molecule has 3 atom stereocenters. The summed E-state index contributed by atoms with van der Waals surface area (Å²) in [7, 11) is 0. The van der Waals surface area contributed by atoms with Crippen LogP contribution in [0.4, 0.5) is 5.95 Å². The Morgan fingerprint density at radius 1 is 0.925 bits per heavy atom. The van der Waals surface area contributed by atoms with Gasteiger partial charge < -0.3 is 25.1 Å². The van der Waals surface area contributed by atoms with Crippen molar-refractivity contribution in [2.75, 3.05) is 11.1 Å². The number of carbonyl (C=O) groups excluding carboxylic acids is 2. The van der Waals surface area contributed by atoms with Gasteiger partial charge in [0.15, 0.2) is 0 Å². The van der Waals surface area contributed by atoms with Crippen molar-refractivity contribution >= 4 is 29.6 Å². The Balaban J connectivity index is 0. The van der Waals surface area contributed by atoms with Crippen LogP contribution in [0.25, 0.3) is 0 Å². The van der Waals surface area contributed by atoms with E-state index in [1.165, 1.54) is 68.7 Å². The van der Waals surface area contributed by atoms with Gasteiger partial charge in [-0.05, 0) is 51.4 Å². The van der Waals surface area contributed by atoms with Gasteiger partial charge in [-0.1, -0.05) is 84.3 Å². The van der Waals surface area contributed by atoms with Gasteiger partial charge in [0.1, 0.15) is 0 Å². The number of hydrogen-bond donors (Lipinski definition) is 1. The van der Waals surface area contributed by atoms with Crippen molar-refractivity contribution in [2.45, 2.75) is 117 Å². The molecule has 0 saturated heterocycles. The summed E-state index contributed by atoms with van der Waals surface area (Å²) in [5.41, 5.74) is 1.14. The van der Waals surface area contributed by atoms with E-state index in [0.717, 1.165) is 36.6 Å². The summed E-state index contributed by atoms with van der Waals surface area (Å²) >= 11 is 1.51. The Kier molecular flexibility index (Phi) is 23.6. The fourth-order valence-corrected chi connectivity index (χ4v) is 5.56. The number of anilines is 1. The smallest absolute Gasteiger partial charge is 0.548 e. The molecule has 0 spiro atoms. The zero-order valence-corrected chi connectivity index (χ0v) is 31.4. The van der Waals surface area contributed by atoms with Crippen molar-refractivity contribution in [1.29, 1.82) is 0 Å². The van der Waals surface area contributed by atoms with Crippen LogP contribution in [0.5, 0.6) is 0 Å². The van der Waals surface area contributed by atoms with Gasteiger partial charge in [0.05, 0.1) is 18.0 Å². The molecule has 1 aromatic rings. The van der Waals surface area contributed by atoms with Gasteiger partial charge in [0, 0.05) is 28.5 Å². The number of aromatic nitrogens is 2. The number of hydrogen-bond acceptors (Lipinski definition) is 8. The van der Waals surface area contributed by atoms with Crippen LogP contribution in [0, 0.1) is 17.8 Å². The molecule has 10 heteroatoms. The third kappa shape index (κ3) is 18.4. The number of aromatic carboxylic acids is 1. The van der Waals surface area contributed by atoms with Crippen LogP contribution in [0.1, 0.15) is 117 Å². The third-order valence-corrected chi connectivity index (χ3v) is 8.43. The molecule has 0 aliphatic carbocycles. The molecule has 0 saturated carbocycles. The summed E-state index contributed by atoms with van der Waals surface area (Å²) < 4.78 is -0.716. The maximum Gasteiger partial charge on any atom is 1.00 e. The van der Waals surface area contributed by atoms with E-state index in [-0.39, 0.29) is 70.6 Å². The first-order valence-electron chi connectivity index (χ1n) is 14.1. The van der Waals surface area contributed by atoms with Gasteiger partial charge in [-0.25, -0.2) is 9.97 Å². The van der Waals surface area contributed by atoms with Crippen LogP contribution in [-0.4, -0.2) is 38.4 Å². The van der Waals surface area contributed by atoms with Gasteiger partial charge in [-0.2, -0.15) is 0 Å². The van der Waals surface area contributed by atoms with Gasteiger partial charge in [0.2, 0.25) is 5.95 Å². The average molecular weight is 594 g/mol. The first-order valence-corrected chi connectivity index (χ1v) is 15.1. The first-order chi connectivity index (χ1) is 17.8. The van der Waals surface area contributed by atoms with Crippen molar-refractivity contribution < 1.29 is 78.9 Å². The molecule has 7 nitrogen and oxygen atoms in total. The number of rotatable bonds is 20. The molecular weight excluding hydrogens is 544 g/mol. The summed E-state index contributed by atoms with van der Waals surface area (Å²) in [5.74, 6) is 0.441. The molecule has 216 valence electrons. The van der Waals surface area contributed by atoms with E-state index in [1.807, 2.05) is 13.8 Å². The first kappa shape index (κ1) is 42.0. The largest absolute Gasteiger partial charge is 1.00 e. The predicted molar refractivity (Wildman–Crippen MR) is 154 cm³/mol. The number of nitrogens with zero attached hydrogens (tertiary/aromatic N) is 2. The molecule has 2 unspecified atom stereocenters. The molecule has 0 bridgehead atoms. The van der Waals surface area contributed by atoms with Crippen molar-refractivity contribution in [3.8, 4) is 0 Å². The van der Waals surface area contributed by atoms with E-state index in [2.05, 4.69) is 56.0 Å². The summed E-state index contributed by atoms with van der Waals surface area (Å²) in [6.45, 7) is 15.2. The second-order valence-corrected chi connectivity index (χ2v) is 13.5. The van der Waals surface area contributed by atoms with Gasteiger partial charge in [-0.3, -0.25) is 0 Å². The standard InChI is InChI=1S/C30H51N3O4S.2Na/c1-21(2)11-8-12-22(3)13-9-14-23(4)15-10-16-24(5)17-18-38-30(6,7)26(28(36)37)33-29-31-19-25(20-32-29)27(34)35;;/h17,19-23,26H,8-16,18H2,1-7H3,(H,34,35)(H,36,37)(H,31,32,33);;/q;2*+1/p-2/b24-17+;;/t22?,23?,26-;;/m1../s1. The third-order valence-electron chi connectivity index (χ3n) is 7.12. The van der Waals surface area contributed by atoms with Crippen LogP contribution in [0.2, 0.25) is 0 Å². The summed E-state index contributed by atoms with van der Waals surface area (Å²) in [6, 6.07) is -1.06. The Morgan fingerprint density at radius 3 is 1.90 bits per heavy atom. The van der Waals surface area contributed by atoms with Crippen LogP contribution < -0.4 is 74.6 Å². The van der Waals surface area contributed by atoms with Crippen molar-refractivity contribution in [1.82, 2.24) is 9.97 Å². The molecule has 0 radical (unpaired) electrons. The number of carboxylic acids is 2. The summed E-state index contributed by atoms with van der Waals surface area (Å²) in [4.78, 5) is 30.5. The monoisotopic (exact) mass is 593 g/mol. The Bertz CT molecular complexity index is 882. The van der Waals surface area contributed by atoms with Crippen LogP contribution in [0.15, 0.2) is 24.0 Å². The van der Waals surface area contributed by atoms with Crippen LogP contribution in [0.3, 0.4) is 0 Å². The predicted octanol–water partition coefficient (Wildman–Crippen LogP) is -0.724. The summed E-state index contributed by atoms with van der Waals surface area (Å²) in [5, 5.41) is 25.5. The van der Waals surface area contributed by atoms with E-state index in [9.17, 15) is 19.8 Å². The summed E-state index contributed by atoms with van der Waals surface area (Å²) in [6.07, 6.45) is 15.8. The van der Waals surface area contributed by atoms with E-state index < -0.39 is 22.7 Å². The Hall–Kier alpha value is -0.0900. The zero-order valence-electron chi connectivity index (χ0n) is 26.5. The molecule has 1 rings (SSSR count). The number of allylic oxidation sites excluding steroid dienone is 1. The molecular formula is C30H49N3Na2O4S. The minimum absolute atomic E-state index is 0. The second-order valence-electron chi connectivity index (χ2n) is 11.8. The number of carboxylic acid groups (broad SMARTS) is 2. The minimum atomic E-state index is -1.39. The fourth-order valence-electron chi connectivity index (χ4n) is 4.45. The van der Waals surface area contributed by atoms with E-state index >= 15 is 0 Å². The van der Waals surface area contributed by atoms with Gasteiger partial charge in [-0.15, -0.1) is 11.8 Å². The van der Waals surface area contributed by atoms with Gasteiger partial charge in [0.25, 0.3) is 0 Å². The maximum atomic E-state index is 11.8. The molecule has 0 aromatic carbocycles. The minimum Gasteiger partial charge on any atom is -0.548 e. The quantitative estimate of drug-likeness (QED) is 0.156. The zero-order chi connectivity index (χ0) is 28.7. The van der Waals surface area contributed by atoms with E-state index in [4.69, 9.17) is 0 Å². The molecule has 1 N–H and O–H groups in total. The molecule has 0 amide bonds. The second kappa shape index (κ2) is 22.4. The van der Waals surface area contributed by atoms with Crippen LogP contribution in [-0.2, 0) is 4.79 Å². The molecule has 0 aliphatic rings. The fraction of sp³-hybridized carbons (Fsp3) is 0.733. The van der Waals surface area contributed by atoms with Crippen molar-refractivity contribution in [2.24, 2.45) is 17.8 Å². The SMILES string of the molecule is C/C(=C\CSC(C)(C)[C@H](Nc1ncc(C(=O)[O-])cn1)C(=O)[O-])CCCC(C)CCCC(C)CCCC(C)C.[Na+].[Na+]. The van der Waals surface area contributed by atoms with Crippen molar-refractivity contribution in [3.05, 3.63) is 29.6 Å². The van der Waals surface area contributed by atoms with E-state index in [0.29, 0.717) is 5.75 Å². The van der Waals surface area contributed by atoms with Crippen LogP contribution >= 0.6 is 11.8 Å². The number of thioether (sulfide) groups is 1. The van der Waals surface area contributed by atoms with E-state index in [1.54, 1.807) is 0 Å². The Morgan fingerprint density at radius 2 is 1.43 bits per heavy atom. The average Bonchev–Trinajstić information content (AvgIpc) is 2.82. The normalized spacial score (nSPS) is 14.1. The number of nitrogens with one attached hydrogen (secondary N) is 1.